The highest BCUT2D eigenvalue weighted by Gasteiger charge is 2.14. The molecule has 1 aromatic heterocycles. The summed E-state index contributed by atoms with van der Waals surface area (Å²) in [5.74, 6) is 0.767. The summed E-state index contributed by atoms with van der Waals surface area (Å²) in [6.45, 7) is -0.0197. The topological polar surface area (TPSA) is 113 Å². The Morgan fingerprint density at radius 1 is 1.03 bits per heavy atom. The summed E-state index contributed by atoms with van der Waals surface area (Å²) in [4.78, 5) is 11.9. The average Bonchev–Trinajstić information content (AvgIpc) is 3.15. The van der Waals surface area contributed by atoms with Gasteiger partial charge in [0.1, 0.15) is 11.5 Å². The van der Waals surface area contributed by atoms with Crippen molar-refractivity contribution >= 4 is 43.9 Å². The predicted molar refractivity (Wildman–Crippen MR) is 113 cm³/mol. The lowest BCUT2D eigenvalue weighted by molar-refractivity contribution is 0.252. The lowest BCUT2D eigenvalue weighted by Crippen LogP contribution is -2.24. The van der Waals surface area contributed by atoms with Crippen molar-refractivity contribution in [3.8, 4) is 0 Å². The molecule has 0 radical (unpaired) electrons. The monoisotopic (exact) mass is 476 g/mol. The SMILES string of the molecule is O=C(N/N=C/c1ccc(CNS(=O)(=O)c2ccc(Br)cc2)o1)Nc1ccccc1. The smallest absolute Gasteiger partial charge is 0.339 e. The number of hydrogen-bond donors (Lipinski definition) is 3. The normalized spacial score (nSPS) is 11.5. The Bertz CT molecular complexity index is 1100. The summed E-state index contributed by atoms with van der Waals surface area (Å²) in [5, 5.41) is 6.41. The number of para-hydroxylation sites is 1. The van der Waals surface area contributed by atoms with Crippen LogP contribution in [0, 0.1) is 0 Å². The zero-order valence-electron chi connectivity index (χ0n) is 15.0. The van der Waals surface area contributed by atoms with Crippen LogP contribution in [0.25, 0.3) is 0 Å². The van der Waals surface area contributed by atoms with E-state index < -0.39 is 16.1 Å². The number of hydrazone groups is 1. The Hall–Kier alpha value is -2.95. The standard InChI is InChI=1S/C19H17BrN4O4S/c20-14-6-10-18(11-7-14)29(26,27)22-13-17-9-8-16(28-17)12-21-24-19(25)23-15-4-2-1-3-5-15/h1-12,22H,13H2,(H2,23,24,25)/b21-12+. The molecular formula is C19H17BrN4O4S. The van der Waals surface area contributed by atoms with Crippen molar-refractivity contribution in [3.05, 3.63) is 82.7 Å². The van der Waals surface area contributed by atoms with Gasteiger partial charge in [-0.1, -0.05) is 34.1 Å². The first-order chi connectivity index (χ1) is 13.9. The fourth-order valence-electron chi connectivity index (χ4n) is 2.26. The molecule has 10 heteroatoms. The summed E-state index contributed by atoms with van der Waals surface area (Å²) in [6.07, 6.45) is 1.32. The van der Waals surface area contributed by atoms with Crippen molar-refractivity contribution in [1.82, 2.24) is 10.1 Å². The van der Waals surface area contributed by atoms with E-state index in [0.29, 0.717) is 17.2 Å². The number of amides is 2. The van der Waals surface area contributed by atoms with Crippen LogP contribution in [0.4, 0.5) is 10.5 Å². The minimum Gasteiger partial charge on any atom is -0.459 e. The van der Waals surface area contributed by atoms with Gasteiger partial charge in [0.25, 0.3) is 0 Å². The van der Waals surface area contributed by atoms with Gasteiger partial charge in [0, 0.05) is 10.2 Å². The first kappa shape index (κ1) is 20.8. The van der Waals surface area contributed by atoms with Gasteiger partial charge in [0.05, 0.1) is 17.7 Å². The van der Waals surface area contributed by atoms with E-state index in [1.807, 2.05) is 6.07 Å². The molecule has 3 rings (SSSR count). The van der Waals surface area contributed by atoms with Crippen LogP contribution in [-0.2, 0) is 16.6 Å². The lowest BCUT2D eigenvalue weighted by atomic mass is 10.3. The number of anilines is 1. The third-order valence-electron chi connectivity index (χ3n) is 3.63. The van der Waals surface area contributed by atoms with Crippen LogP contribution in [-0.4, -0.2) is 20.7 Å². The van der Waals surface area contributed by atoms with Gasteiger partial charge in [0.2, 0.25) is 10.0 Å². The third kappa shape index (κ3) is 6.28. The molecule has 3 N–H and O–H groups in total. The molecule has 3 aromatic rings. The Balaban J connectivity index is 1.50. The number of rotatable bonds is 7. The van der Waals surface area contributed by atoms with E-state index in [9.17, 15) is 13.2 Å². The van der Waals surface area contributed by atoms with Crippen LogP contribution in [0.1, 0.15) is 11.5 Å². The summed E-state index contributed by atoms with van der Waals surface area (Å²) in [5.41, 5.74) is 2.95. The van der Waals surface area contributed by atoms with Crippen LogP contribution in [0.2, 0.25) is 0 Å². The molecule has 29 heavy (non-hydrogen) atoms. The summed E-state index contributed by atoms with van der Waals surface area (Å²) in [6, 6.07) is 18.0. The first-order valence-electron chi connectivity index (χ1n) is 8.41. The van der Waals surface area contributed by atoms with Gasteiger partial charge in [-0.25, -0.2) is 23.4 Å². The Labute approximate surface area is 176 Å². The molecule has 0 atom stereocenters. The molecule has 150 valence electrons. The van der Waals surface area contributed by atoms with Gasteiger partial charge in [-0.2, -0.15) is 5.10 Å². The number of hydrogen-bond acceptors (Lipinski definition) is 5. The second-order valence-corrected chi connectivity index (χ2v) is 8.46. The number of furan rings is 1. The molecule has 0 aliphatic rings. The van der Waals surface area contributed by atoms with Crippen LogP contribution >= 0.6 is 15.9 Å². The maximum absolute atomic E-state index is 12.3. The van der Waals surface area contributed by atoms with Gasteiger partial charge in [-0.3, -0.25) is 0 Å². The Morgan fingerprint density at radius 2 is 1.76 bits per heavy atom. The van der Waals surface area contributed by atoms with Crippen molar-refractivity contribution < 1.29 is 17.6 Å². The second-order valence-electron chi connectivity index (χ2n) is 5.77. The van der Waals surface area contributed by atoms with E-state index >= 15 is 0 Å². The van der Waals surface area contributed by atoms with Gasteiger partial charge >= 0.3 is 6.03 Å². The predicted octanol–water partition coefficient (Wildman–Crippen LogP) is 3.68. The maximum atomic E-state index is 12.3. The number of carbonyl (C=O) groups is 1. The number of halogens is 1. The fraction of sp³-hybridized carbons (Fsp3) is 0.0526. The van der Waals surface area contributed by atoms with Crippen LogP contribution in [0.3, 0.4) is 0 Å². The Kier molecular flexibility index (Phi) is 6.81. The minimum absolute atomic E-state index is 0.0197. The van der Waals surface area contributed by atoms with E-state index in [-0.39, 0.29) is 11.4 Å². The number of nitrogens with zero attached hydrogens (tertiary/aromatic N) is 1. The molecule has 1 heterocycles. The molecule has 0 spiro atoms. The molecule has 8 nitrogen and oxygen atoms in total. The first-order valence-corrected chi connectivity index (χ1v) is 10.7. The fourth-order valence-corrected chi connectivity index (χ4v) is 3.51. The van der Waals surface area contributed by atoms with E-state index in [2.05, 4.69) is 36.5 Å². The van der Waals surface area contributed by atoms with Crippen molar-refractivity contribution in [2.45, 2.75) is 11.4 Å². The molecule has 0 aliphatic carbocycles. The molecule has 0 aliphatic heterocycles. The van der Waals surface area contributed by atoms with Crippen molar-refractivity contribution in [1.29, 1.82) is 0 Å². The number of carbonyl (C=O) groups excluding carboxylic acids is 1. The highest BCUT2D eigenvalue weighted by molar-refractivity contribution is 9.10. The van der Waals surface area contributed by atoms with Crippen LogP contribution < -0.4 is 15.5 Å². The van der Waals surface area contributed by atoms with Gasteiger partial charge < -0.3 is 9.73 Å². The second kappa shape index (κ2) is 9.50. The molecule has 2 amide bonds. The average molecular weight is 477 g/mol. The molecular weight excluding hydrogens is 460 g/mol. The van der Waals surface area contributed by atoms with E-state index in [1.54, 1.807) is 48.5 Å². The molecule has 0 fully saturated rings. The van der Waals surface area contributed by atoms with Gasteiger partial charge in [-0.05, 0) is 48.5 Å². The number of nitrogens with one attached hydrogen (secondary N) is 3. The molecule has 0 bridgehead atoms. The summed E-state index contributed by atoms with van der Waals surface area (Å²) in [7, 11) is -3.65. The molecule has 0 unspecified atom stereocenters. The van der Waals surface area contributed by atoms with E-state index in [1.165, 1.54) is 18.3 Å². The maximum Gasteiger partial charge on any atom is 0.339 e. The Morgan fingerprint density at radius 3 is 2.48 bits per heavy atom. The zero-order valence-corrected chi connectivity index (χ0v) is 17.4. The summed E-state index contributed by atoms with van der Waals surface area (Å²) >= 11 is 3.26. The van der Waals surface area contributed by atoms with E-state index in [0.717, 1.165) is 4.47 Å². The van der Waals surface area contributed by atoms with Gasteiger partial charge in [0.15, 0.2) is 0 Å². The van der Waals surface area contributed by atoms with Crippen LogP contribution in [0.5, 0.6) is 0 Å². The molecule has 2 aromatic carbocycles. The highest BCUT2D eigenvalue weighted by Crippen LogP contribution is 2.15. The third-order valence-corrected chi connectivity index (χ3v) is 5.58. The largest absolute Gasteiger partial charge is 0.459 e. The molecule has 0 saturated carbocycles. The van der Waals surface area contributed by atoms with Crippen molar-refractivity contribution in [2.24, 2.45) is 5.10 Å². The number of sulfonamides is 1. The highest BCUT2D eigenvalue weighted by atomic mass is 79.9. The number of benzene rings is 2. The number of urea groups is 1. The van der Waals surface area contributed by atoms with Crippen molar-refractivity contribution in [2.75, 3.05) is 5.32 Å². The zero-order chi connectivity index (χ0) is 20.7. The summed E-state index contributed by atoms with van der Waals surface area (Å²) < 4.78 is 33.3. The van der Waals surface area contributed by atoms with Crippen molar-refractivity contribution in [3.63, 3.8) is 0 Å². The quantitative estimate of drug-likeness (QED) is 0.356. The van der Waals surface area contributed by atoms with E-state index in [4.69, 9.17) is 4.42 Å². The van der Waals surface area contributed by atoms with Gasteiger partial charge in [-0.15, -0.1) is 0 Å². The lowest BCUT2D eigenvalue weighted by Gasteiger charge is -2.05. The molecule has 0 saturated heterocycles. The van der Waals surface area contributed by atoms with Crippen LogP contribution in [0.15, 0.2) is 85.6 Å². The minimum atomic E-state index is -3.65.